The molecule has 9 heteroatoms. The van der Waals surface area contributed by atoms with Gasteiger partial charge in [-0.3, -0.25) is 14.4 Å². The predicted octanol–water partition coefficient (Wildman–Crippen LogP) is 14.6. The number of carbonyl (C=O) groups excluding carboxylic acids is 3. The number of likely N-dealkylation sites (N-methyl/N-ethyl adjacent to an activating group) is 1. The van der Waals surface area contributed by atoms with Gasteiger partial charge in [-0.25, -0.2) is 0 Å². The largest absolute Gasteiger partial charge is 0.465 e. The molecule has 1 fully saturated rings. The first kappa shape index (κ1) is 63.3. The molecule has 1 atom stereocenters. The number of rotatable bonds is 48. The number of ether oxygens (including phenoxy) is 2. The molecule has 1 unspecified atom stereocenters. The molecule has 1 heterocycles. The first-order valence-corrected chi connectivity index (χ1v) is 29.2. The van der Waals surface area contributed by atoms with Crippen LogP contribution in [0, 0.1) is 11.8 Å². The van der Waals surface area contributed by atoms with E-state index in [1.165, 1.54) is 173 Å². The Hall–Kier alpha value is -1.71. The lowest BCUT2D eigenvalue weighted by Gasteiger charge is -2.39. The minimum Gasteiger partial charge on any atom is -0.465 e. The summed E-state index contributed by atoms with van der Waals surface area (Å²) in [7, 11) is 3.97. The summed E-state index contributed by atoms with van der Waals surface area (Å²) in [6.07, 6.45) is 42.7. The highest BCUT2D eigenvalue weighted by atomic mass is 16.5. The van der Waals surface area contributed by atoms with Crippen molar-refractivity contribution in [3.05, 3.63) is 0 Å². The summed E-state index contributed by atoms with van der Waals surface area (Å²) < 4.78 is 11.8. The highest BCUT2D eigenvalue weighted by Crippen LogP contribution is 2.25. The van der Waals surface area contributed by atoms with Gasteiger partial charge in [0.2, 0.25) is 5.91 Å². The average molecular weight is 949 g/mol. The quantitative estimate of drug-likeness (QED) is 0.0476. The molecule has 0 radical (unpaired) electrons. The number of amides is 1. The zero-order valence-corrected chi connectivity index (χ0v) is 45.5. The van der Waals surface area contributed by atoms with Gasteiger partial charge >= 0.3 is 11.9 Å². The molecule has 1 N–H and O–H groups in total. The van der Waals surface area contributed by atoms with Gasteiger partial charge in [-0.05, 0) is 103 Å². The molecule has 1 amide bonds. The lowest BCUT2D eigenvalue weighted by atomic mass is 9.91. The summed E-state index contributed by atoms with van der Waals surface area (Å²) in [5.41, 5.74) is -0.725. The number of piperidine rings is 1. The average Bonchev–Trinajstić information content (AvgIpc) is 3.30. The molecule has 9 nitrogen and oxygen atoms in total. The van der Waals surface area contributed by atoms with Crippen LogP contribution < -0.4 is 0 Å². The Labute approximate surface area is 415 Å². The number of hydrogen-bond donors (Lipinski definition) is 1. The number of esters is 2. The van der Waals surface area contributed by atoms with Crippen LogP contribution in [0.4, 0.5) is 0 Å². The number of carbonyl (C=O) groups is 3. The van der Waals surface area contributed by atoms with Crippen LogP contribution in [-0.4, -0.2) is 110 Å². The maximum absolute atomic E-state index is 13.4. The first-order valence-electron chi connectivity index (χ1n) is 29.2. The normalized spacial score (nSPS) is 14.4. The first-order chi connectivity index (χ1) is 32.5. The topological polar surface area (TPSA) is 99.6 Å². The molecule has 1 saturated heterocycles. The molecule has 0 spiro atoms. The Kier molecular flexibility index (Phi) is 41.8. The highest BCUT2D eigenvalue weighted by molar-refractivity contribution is 5.76. The number of aliphatic hydroxyl groups is 1. The molecule has 0 bridgehead atoms. The van der Waals surface area contributed by atoms with Gasteiger partial charge < -0.3 is 29.3 Å². The second-order valence-corrected chi connectivity index (χ2v) is 21.5. The number of unbranched alkanes of at least 4 members (excludes halogenated alkanes) is 23. The molecule has 67 heavy (non-hydrogen) atoms. The van der Waals surface area contributed by atoms with Crippen molar-refractivity contribution in [3.8, 4) is 0 Å². The van der Waals surface area contributed by atoms with Crippen molar-refractivity contribution in [3.63, 3.8) is 0 Å². The van der Waals surface area contributed by atoms with Crippen molar-refractivity contribution in [1.82, 2.24) is 14.7 Å². The van der Waals surface area contributed by atoms with E-state index in [4.69, 9.17) is 9.47 Å². The third kappa shape index (κ3) is 37.7. The van der Waals surface area contributed by atoms with Crippen LogP contribution in [0.15, 0.2) is 0 Å². The SMILES string of the molecule is CCCCCCCCC(CCCCCCC)COC(=O)CCCCCN(CCCCCC(=O)OCC(CCCCCCCC)CCCCCCCC)CCC(=O)N1CCC(O)(CN(C)C)CC1. The minimum absolute atomic E-state index is 0.0494. The van der Waals surface area contributed by atoms with Gasteiger partial charge in [-0.2, -0.15) is 0 Å². The van der Waals surface area contributed by atoms with Crippen LogP contribution in [0.3, 0.4) is 0 Å². The van der Waals surface area contributed by atoms with Crippen molar-refractivity contribution in [1.29, 1.82) is 0 Å². The summed E-state index contributed by atoms with van der Waals surface area (Å²) in [6, 6.07) is 0. The van der Waals surface area contributed by atoms with E-state index in [2.05, 4.69) is 32.6 Å². The van der Waals surface area contributed by atoms with Crippen molar-refractivity contribution in [2.24, 2.45) is 11.8 Å². The molecule has 0 aromatic rings. The predicted molar refractivity (Wildman–Crippen MR) is 284 cm³/mol. The molecule has 0 aromatic heterocycles. The fourth-order valence-corrected chi connectivity index (χ4v) is 10.1. The smallest absolute Gasteiger partial charge is 0.305 e. The summed E-state index contributed by atoms with van der Waals surface area (Å²) >= 11 is 0. The van der Waals surface area contributed by atoms with Crippen molar-refractivity contribution in [2.45, 2.75) is 277 Å². The number of hydrogen-bond acceptors (Lipinski definition) is 8. The van der Waals surface area contributed by atoms with Crippen LogP contribution in [0.1, 0.15) is 272 Å². The van der Waals surface area contributed by atoms with Crippen LogP contribution >= 0.6 is 0 Å². The fraction of sp³-hybridized carbons (Fsp3) is 0.948. The number of nitrogens with zero attached hydrogens (tertiary/aromatic N) is 3. The molecule has 0 saturated carbocycles. The van der Waals surface area contributed by atoms with Crippen LogP contribution in [0.5, 0.6) is 0 Å². The molecule has 1 aliphatic rings. The van der Waals surface area contributed by atoms with Gasteiger partial charge in [0.15, 0.2) is 0 Å². The Morgan fingerprint density at radius 3 is 1.18 bits per heavy atom. The van der Waals surface area contributed by atoms with Crippen LogP contribution in [0.2, 0.25) is 0 Å². The minimum atomic E-state index is -0.725. The molecule has 0 aromatic carbocycles. The van der Waals surface area contributed by atoms with E-state index in [0.29, 0.717) is 83.3 Å². The third-order valence-corrected chi connectivity index (χ3v) is 14.6. The Balaban J connectivity index is 2.62. The van der Waals surface area contributed by atoms with Crippen molar-refractivity contribution < 1.29 is 29.0 Å². The molecule has 1 rings (SSSR count). The van der Waals surface area contributed by atoms with Gasteiger partial charge in [-0.1, -0.05) is 188 Å². The molecule has 0 aliphatic carbocycles. The lowest BCUT2D eigenvalue weighted by Crippen LogP contribution is -2.51. The zero-order valence-electron chi connectivity index (χ0n) is 45.5. The lowest BCUT2D eigenvalue weighted by molar-refractivity contribution is -0.146. The van der Waals surface area contributed by atoms with Crippen molar-refractivity contribution in [2.75, 3.05) is 66.6 Å². The highest BCUT2D eigenvalue weighted by Gasteiger charge is 2.34. The number of likely N-dealkylation sites (tertiary alicyclic amines) is 1. The van der Waals surface area contributed by atoms with Gasteiger partial charge in [0.25, 0.3) is 0 Å². The monoisotopic (exact) mass is 948 g/mol. The Bertz CT molecular complexity index is 1130. The summed E-state index contributed by atoms with van der Waals surface area (Å²) in [5, 5.41) is 11.0. The summed E-state index contributed by atoms with van der Waals surface area (Å²) in [5.74, 6) is 1.04. The molecular weight excluding hydrogens is 835 g/mol. The van der Waals surface area contributed by atoms with Gasteiger partial charge in [0, 0.05) is 45.4 Å². The maximum Gasteiger partial charge on any atom is 0.305 e. The Morgan fingerprint density at radius 2 is 0.821 bits per heavy atom. The van der Waals surface area contributed by atoms with Crippen LogP contribution in [-0.2, 0) is 23.9 Å². The van der Waals surface area contributed by atoms with Gasteiger partial charge in [0.05, 0.1) is 18.8 Å². The van der Waals surface area contributed by atoms with Crippen molar-refractivity contribution >= 4 is 17.8 Å². The third-order valence-electron chi connectivity index (χ3n) is 14.6. The molecule has 396 valence electrons. The van der Waals surface area contributed by atoms with E-state index in [1.54, 1.807) is 0 Å². The van der Waals surface area contributed by atoms with Gasteiger partial charge in [-0.15, -0.1) is 0 Å². The summed E-state index contributed by atoms with van der Waals surface area (Å²) in [4.78, 5) is 45.6. The molecular formula is C58H113N3O6. The van der Waals surface area contributed by atoms with E-state index in [0.717, 1.165) is 51.6 Å². The zero-order chi connectivity index (χ0) is 49.1. The second-order valence-electron chi connectivity index (χ2n) is 21.5. The van der Waals surface area contributed by atoms with E-state index in [9.17, 15) is 19.5 Å². The maximum atomic E-state index is 13.4. The second kappa shape index (κ2) is 44.2. The molecule has 1 aliphatic heterocycles. The van der Waals surface area contributed by atoms with E-state index >= 15 is 0 Å². The van der Waals surface area contributed by atoms with Crippen LogP contribution in [0.25, 0.3) is 0 Å². The summed E-state index contributed by atoms with van der Waals surface area (Å²) in [6.45, 7) is 14.5. The van der Waals surface area contributed by atoms with Gasteiger partial charge in [0.1, 0.15) is 0 Å². The standard InChI is InChI=1S/C58H113N3O6/c1-7-11-15-19-23-29-37-53(36-28-22-18-14-10-4)50-66-56(63)40-32-26-34-45-60(47-42-55(62)61-48-43-58(65,44-49-61)52-59(5)6)46-35-27-33-41-57(64)67-51-54(38-30-24-20-16-12-8-2)39-31-25-21-17-13-9-3/h53-54,65H,7-52H2,1-6H3. The van der Waals surface area contributed by atoms with E-state index in [-0.39, 0.29) is 17.8 Å². The van der Waals surface area contributed by atoms with E-state index in [1.807, 2.05) is 23.9 Å². The fourth-order valence-electron chi connectivity index (χ4n) is 10.1. The van der Waals surface area contributed by atoms with E-state index < -0.39 is 5.60 Å². The Morgan fingerprint density at radius 1 is 0.478 bits per heavy atom.